The first-order valence-corrected chi connectivity index (χ1v) is 8.30. The van der Waals surface area contributed by atoms with Crippen LogP contribution in [0.4, 0.5) is 20.2 Å². The Balaban J connectivity index is 1.74. The largest absolute Gasteiger partial charge is 0.319 e. The first-order chi connectivity index (χ1) is 13.3. The average Bonchev–Trinajstić information content (AvgIpc) is 2.91. The molecule has 0 spiro atoms. The maximum Gasteiger partial charge on any atom is 0.312 e. The Labute approximate surface area is 158 Å². The molecule has 0 radical (unpaired) electrons. The van der Waals surface area contributed by atoms with Gasteiger partial charge in [0, 0.05) is 11.6 Å². The number of halogens is 2. The summed E-state index contributed by atoms with van der Waals surface area (Å²) >= 11 is 0. The fraction of sp³-hybridized carbons (Fsp3) is 0.158. The SMILES string of the molecule is Cc1nn(Cc2ccc(C(=O)Nc3ccc(F)cc3F)cc2)c(C)c1[N+](=O)[O-]. The van der Waals surface area contributed by atoms with Gasteiger partial charge in [-0.05, 0) is 43.7 Å². The molecule has 7 nitrogen and oxygen atoms in total. The number of nitrogens with one attached hydrogen (secondary N) is 1. The monoisotopic (exact) mass is 386 g/mol. The molecular weight excluding hydrogens is 370 g/mol. The van der Waals surface area contributed by atoms with Crippen LogP contribution in [0.15, 0.2) is 42.5 Å². The molecule has 144 valence electrons. The fourth-order valence-corrected chi connectivity index (χ4v) is 2.83. The van der Waals surface area contributed by atoms with Crippen LogP contribution >= 0.6 is 0 Å². The fourth-order valence-electron chi connectivity index (χ4n) is 2.83. The van der Waals surface area contributed by atoms with Crippen molar-refractivity contribution in [1.29, 1.82) is 0 Å². The second-order valence-corrected chi connectivity index (χ2v) is 6.21. The predicted octanol–water partition coefficient (Wildman–Crippen LogP) is 3.99. The van der Waals surface area contributed by atoms with Gasteiger partial charge in [0.2, 0.25) is 0 Å². The molecule has 3 rings (SSSR count). The van der Waals surface area contributed by atoms with Crippen molar-refractivity contribution in [2.45, 2.75) is 20.4 Å². The third-order valence-corrected chi connectivity index (χ3v) is 4.25. The highest BCUT2D eigenvalue weighted by Gasteiger charge is 2.21. The summed E-state index contributed by atoms with van der Waals surface area (Å²) in [7, 11) is 0. The Kier molecular flexibility index (Phi) is 5.16. The number of carbonyl (C=O) groups is 1. The number of amides is 1. The van der Waals surface area contributed by atoms with Crippen molar-refractivity contribution >= 4 is 17.3 Å². The number of hydrogen-bond donors (Lipinski definition) is 1. The number of hydrogen-bond acceptors (Lipinski definition) is 4. The molecule has 1 N–H and O–H groups in total. The molecule has 0 saturated heterocycles. The van der Waals surface area contributed by atoms with Crippen LogP contribution < -0.4 is 5.32 Å². The van der Waals surface area contributed by atoms with E-state index in [0.717, 1.165) is 17.7 Å². The third-order valence-electron chi connectivity index (χ3n) is 4.25. The number of carbonyl (C=O) groups excluding carboxylic acids is 1. The molecule has 0 saturated carbocycles. The van der Waals surface area contributed by atoms with Gasteiger partial charge in [0.1, 0.15) is 23.0 Å². The van der Waals surface area contributed by atoms with Gasteiger partial charge in [-0.15, -0.1) is 0 Å². The van der Waals surface area contributed by atoms with E-state index < -0.39 is 22.5 Å². The zero-order chi connectivity index (χ0) is 20.4. The lowest BCUT2D eigenvalue weighted by molar-refractivity contribution is -0.386. The second-order valence-electron chi connectivity index (χ2n) is 6.21. The lowest BCUT2D eigenvalue weighted by atomic mass is 10.1. The van der Waals surface area contributed by atoms with E-state index in [0.29, 0.717) is 24.0 Å². The normalized spacial score (nSPS) is 10.7. The van der Waals surface area contributed by atoms with E-state index in [2.05, 4.69) is 10.4 Å². The number of nitro groups is 1. The van der Waals surface area contributed by atoms with Crippen LogP contribution in [0, 0.1) is 35.6 Å². The number of aryl methyl sites for hydroxylation is 1. The number of nitrogens with zero attached hydrogens (tertiary/aromatic N) is 3. The molecular formula is C19H16F2N4O3. The summed E-state index contributed by atoms with van der Waals surface area (Å²) in [5, 5.41) is 17.6. The van der Waals surface area contributed by atoms with Gasteiger partial charge in [-0.3, -0.25) is 19.6 Å². The van der Waals surface area contributed by atoms with Crippen LogP contribution in [0.5, 0.6) is 0 Å². The van der Waals surface area contributed by atoms with Crippen LogP contribution in [0.2, 0.25) is 0 Å². The number of rotatable bonds is 5. The highest BCUT2D eigenvalue weighted by molar-refractivity contribution is 6.04. The first kappa shape index (κ1) is 19.2. The molecule has 0 aliphatic heterocycles. The van der Waals surface area contributed by atoms with Crippen LogP contribution in [-0.2, 0) is 6.54 Å². The standard InChI is InChI=1S/C19H16F2N4O3/c1-11-18(25(27)28)12(2)24(23-11)10-13-3-5-14(6-4-13)19(26)22-17-8-7-15(20)9-16(17)21/h3-9H,10H2,1-2H3,(H,22,26). The van der Waals surface area contributed by atoms with E-state index in [1.807, 2.05) is 0 Å². The smallest absolute Gasteiger partial charge is 0.312 e. The molecule has 1 aromatic heterocycles. The summed E-state index contributed by atoms with van der Waals surface area (Å²) in [4.78, 5) is 22.9. The molecule has 0 fully saturated rings. The van der Waals surface area contributed by atoms with Crippen molar-refractivity contribution in [3.05, 3.63) is 86.7 Å². The molecule has 0 unspecified atom stereocenters. The second kappa shape index (κ2) is 7.55. The van der Waals surface area contributed by atoms with Crippen molar-refractivity contribution < 1.29 is 18.5 Å². The van der Waals surface area contributed by atoms with Crippen molar-refractivity contribution in [2.75, 3.05) is 5.32 Å². The van der Waals surface area contributed by atoms with Gasteiger partial charge in [0.05, 0.1) is 17.2 Å². The van der Waals surface area contributed by atoms with Crippen LogP contribution in [0.3, 0.4) is 0 Å². The van der Waals surface area contributed by atoms with Crippen molar-refractivity contribution in [1.82, 2.24) is 9.78 Å². The summed E-state index contributed by atoms with van der Waals surface area (Å²) in [5.41, 5.74) is 1.70. The van der Waals surface area contributed by atoms with E-state index in [4.69, 9.17) is 0 Å². The maximum atomic E-state index is 13.6. The number of aromatic nitrogens is 2. The maximum absolute atomic E-state index is 13.6. The lowest BCUT2D eigenvalue weighted by Crippen LogP contribution is -2.13. The Morgan fingerprint density at radius 3 is 2.43 bits per heavy atom. The topological polar surface area (TPSA) is 90.1 Å². The molecule has 2 aromatic carbocycles. The zero-order valence-electron chi connectivity index (χ0n) is 15.1. The summed E-state index contributed by atoms with van der Waals surface area (Å²) in [6, 6.07) is 9.34. The molecule has 0 atom stereocenters. The summed E-state index contributed by atoms with van der Waals surface area (Å²) in [5.74, 6) is -2.14. The van der Waals surface area contributed by atoms with Gasteiger partial charge in [-0.1, -0.05) is 12.1 Å². The molecule has 1 heterocycles. The van der Waals surface area contributed by atoms with Gasteiger partial charge in [0.25, 0.3) is 5.91 Å². The average molecular weight is 386 g/mol. The van der Waals surface area contributed by atoms with E-state index in [1.54, 1.807) is 38.1 Å². The number of anilines is 1. The molecule has 0 bridgehead atoms. The Morgan fingerprint density at radius 2 is 1.86 bits per heavy atom. The minimum absolute atomic E-state index is 0.0164. The van der Waals surface area contributed by atoms with Crippen LogP contribution in [-0.4, -0.2) is 20.6 Å². The molecule has 1 amide bonds. The van der Waals surface area contributed by atoms with Crippen LogP contribution in [0.1, 0.15) is 27.3 Å². The van der Waals surface area contributed by atoms with E-state index in [1.165, 1.54) is 4.68 Å². The molecule has 0 aliphatic carbocycles. The molecule has 28 heavy (non-hydrogen) atoms. The van der Waals surface area contributed by atoms with Gasteiger partial charge in [-0.2, -0.15) is 5.10 Å². The first-order valence-electron chi connectivity index (χ1n) is 8.30. The van der Waals surface area contributed by atoms with Crippen molar-refractivity contribution in [3.8, 4) is 0 Å². The van der Waals surface area contributed by atoms with Gasteiger partial charge >= 0.3 is 5.69 Å². The van der Waals surface area contributed by atoms with E-state index in [9.17, 15) is 23.7 Å². The Hall–Kier alpha value is -3.62. The minimum Gasteiger partial charge on any atom is -0.319 e. The summed E-state index contributed by atoms with van der Waals surface area (Å²) in [6.45, 7) is 3.50. The van der Waals surface area contributed by atoms with E-state index >= 15 is 0 Å². The minimum atomic E-state index is -0.865. The molecule has 9 heteroatoms. The molecule has 0 aliphatic rings. The zero-order valence-corrected chi connectivity index (χ0v) is 15.1. The quantitative estimate of drug-likeness (QED) is 0.530. The van der Waals surface area contributed by atoms with Crippen LogP contribution in [0.25, 0.3) is 0 Å². The lowest BCUT2D eigenvalue weighted by Gasteiger charge is -2.08. The summed E-state index contributed by atoms with van der Waals surface area (Å²) < 4.78 is 28.1. The van der Waals surface area contributed by atoms with Gasteiger partial charge in [0.15, 0.2) is 0 Å². The number of benzene rings is 2. The van der Waals surface area contributed by atoms with E-state index in [-0.39, 0.29) is 16.9 Å². The van der Waals surface area contributed by atoms with Gasteiger partial charge in [-0.25, -0.2) is 8.78 Å². The van der Waals surface area contributed by atoms with Gasteiger partial charge < -0.3 is 5.32 Å². The highest BCUT2D eigenvalue weighted by Crippen LogP contribution is 2.23. The molecule has 3 aromatic rings. The predicted molar refractivity (Wildman–Crippen MR) is 98.2 cm³/mol. The van der Waals surface area contributed by atoms with Crippen molar-refractivity contribution in [3.63, 3.8) is 0 Å². The summed E-state index contributed by atoms with van der Waals surface area (Å²) in [6.07, 6.45) is 0. The Bertz CT molecular complexity index is 1060. The highest BCUT2D eigenvalue weighted by atomic mass is 19.1. The third kappa shape index (κ3) is 3.88. The Morgan fingerprint density at radius 1 is 1.18 bits per heavy atom. The van der Waals surface area contributed by atoms with Crippen molar-refractivity contribution in [2.24, 2.45) is 0 Å².